The van der Waals surface area contributed by atoms with E-state index in [0.717, 1.165) is 31.5 Å². The SMILES string of the molecule is NCC1CCCN(C(=O)Cc2ccc(O)cc2)C1. The molecule has 0 spiro atoms. The molecule has 2 rings (SSSR count). The lowest BCUT2D eigenvalue weighted by atomic mass is 9.97. The molecular weight excluding hydrogens is 228 g/mol. The Morgan fingerprint density at radius 2 is 2.11 bits per heavy atom. The average molecular weight is 248 g/mol. The van der Waals surface area contributed by atoms with Gasteiger partial charge >= 0.3 is 0 Å². The molecule has 1 amide bonds. The predicted octanol–water partition coefficient (Wildman–Crippen LogP) is 1.13. The van der Waals surface area contributed by atoms with Crippen molar-refractivity contribution in [1.29, 1.82) is 0 Å². The fourth-order valence-corrected chi connectivity index (χ4v) is 2.38. The molecule has 1 atom stereocenters. The van der Waals surface area contributed by atoms with Crippen molar-refractivity contribution >= 4 is 5.91 Å². The minimum atomic E-state index is 0.152. The quantitative estimate of drug-likeness (QED) is 0.842. The molecule has 1 aliphatic rings. The van der Waals surface area contributed by atoms with Crippen molar-refractivity contribution in [3.05, 3.63) is 29.8 Å². The van der Waals surface area contributed by atoms with Crippen LogP contribution in [-0.2, 0) is 11.2 Å². The third kappa shape index (κ3) is 3.23. The topological polar surface area (TPSA) is 66.6 Å². The Balaban J connectivity index is 1.93. The van der Waals surface area contributed by atoms with Crippen LogP contribution in [0.2, 0.25) is 0 Å². The average Bonchev–Trinajstić information content (AvgIpc) is 2.41. The third-order valence-electron chi connectivity index (χ3n) is 3.50. The van der Waals surface area contributed by atoms with Crippen molar-refractivity contribution in [1.82, 2.24) is 4.90 Å². The summed E-state index contributed by atoms with van der Waals surface area (Å²) in [7, 11) is 0. The van der Waals surface area contributed by atoms with E-state index in [0.29, 0.717) is 18.9 Å². The van der Waals surface area contributed by atoms with Gasteiger partial charge in [-0.05, 0) is 43.0 Å². The Kier molecular flexibility index (Phi) is 4.20. The van der Waals surface area contributed by atoms with Crippen LogP contribution in [0.1, 0.15) is 18.4 Å². The molecule has 0 saturated carbocycles. The highest BCUT2D eigenvalue weighted by atomic mass is 16.3. The van der Waals surface area contributed by atoms with E-state index >= 15 is 0 Å². The molecule has 98 valence electrons. The van der Waals surface area contributed by atoms with Gasteiger partial charge in [-0.3, -0.25) is 4.79 Å². The molecule has 1 heterocycles. The van der Waals surface area contributed by atoms with Crippen molar-refractivity contribution in [2.45, 2.75) is 19.3 Å². The van der Waals surface area contributed by atoms with Crippen LogP contribution in [0, 0.1) is 5.92 Å². The first kappa shape index (κ1) is 12.9. The fraction of sp³-hybridized carbons (Fsp3) is 0.500. The second-order valence-electron chi connectivity index (χ2n) is 4.93. The number of nitrogens with two attached hydrogens (primary N) is 1. The number of phenolic OH excluding ortho intramolecular Hbond substituents is 1. The molecule has 1 aromatic carbocycles. The van der Waals surface area contributed by atoms with Gasteiger partial charge < -0.3 is 15.7 Å². The summed E-state index contributed by atoms with van der Waals surface area (Å²) in [6.45, 7) is 2.28. The molecule has 3 N–H and O–H groups in total. The predicted molar refractivity (Wildman–Crippen MR) is 70.2 cm³/mol. The van der Waals surface area contributed by atoms with E-state index < -0.39 is 0 Å². The number of phenols is 1. The van der Waals surface area contributed by atoms with E-state index in [4.69, 9.17) is 5.73 Å². The monoisotopic (exact) mass is 248 g/mol. The first-order chi connectivity index (χ1) is 8.69. The van der Waals surface area contributed by atoms with Gasteiger partial charge in [-0.2, -0.15) is 0 Å². The molecule has 1 aliphatic heterocycles. The molecule has 0 radical (unpaired) electrons. The lowest BCUT2D eigenvalue weighted by molar-refractivity contribution is -0.132. The van der Waals surface area contributed by atoms with E-state index in [2.05, 4.69) is 0 Å². The second kappa shape index (κ2) is 5.87. The van der Waals surface area contributed by atoms with Crippen molar-refractivity contribution in [3.63, 3.8) is 0 Å². The number of nitrogens with zero attached hydrogens (tertiary/aromatic N) is 1. The van der Waals surface area contributed by atoms with Crippen LogP contribution < -0.4 is 5.73 Å². The molecule has 4 heteroatoms. The highest BCUT2D eigenvalue weighted by molar-refractivity contribution is 5.78. The van der Waals surface area contributed by atoms with E-state index in [9.17, 15) is 9.90 Å². The summed E-state index contributed by atoms with van der Waals surface area (Å²) in [5, 5.41) is 9.20. The molecular formula is C14H20N2O2. The van der Waals surface area contributed by atoms with Crippen LogP contribution >= 0.6 is 0 Å². The van der Waals surface area contributed by atoms with Crippen LogP contribution in [0.4, 0.5) is 0 Å². The lowest BCUT2D eigenvalue weighted by Gasteiger charge is -2.32. The smallest absolute Gasteiger partial charge is 0.226 e. The minimum absolute atomic E-state index is 0.152. The van der Waals surface area contributed by atoms with E-state index in [1.165, 1.54) is 0 Å². The van der Waals surface area contributed by atoms with E-state index in [-0.39, 0.29) is 11.7 Å². The molecule has 0 aromatic heterocycles. The van der Waals surface area contributed by atoms with Crippen molar-refractivity contribution in [2.24, 2.45) is 11.7 Å². The first-order valence-electron chi connectivity index (χ1n) is 6.45. The number of hydrogen-bond donors (Lipinski definition) is 2. The standard InChI is InChI=1S/C14H20N2O2/c15-9-12-2-1-7-16(10-12)14(18)8-11-3-5-13(17)6-4-11/h3-6,12,17H,1-2,7-10,15H2. The Morgan fingerprint density at radius 3 is 2.78 bits per heavy atom. The number of hydrogen-bond acceptors (Lipinski definition) is 3. The zero-order chi connectivity index (χ0) is 13.0. The summed E-state index contributed by atoms with van der Waals surface area (Å²) in [5.41, 5.74) is 6.61. The number of carbonyl (C=O) groups excluding carboxylic acids is 1. The van der Waals surface area contributed by atoms with Gasteiger partial charge in [-0.25, -0.2) is 0 Å². The number of carbonyl (C=O) groups is 1. The number of rotatable bonds is 3. The van der Waals surface area contributed by atoms with Gasteiger partial charge in [0.25, 0.3) is 0 Å². The van der Waals surface area contributed by atoms with Crippen LogP contribution in [0.15, 0.2) is 24.3 Å². The van der Waals surface area contributed by atoms with Gasteiger partial charge in [-0.1, -0.05) is 12.1 Å². The first-order valence-corrected chi connectivity index (χ1v) is 6.45. The van der Waals surface area contributed by atoms with Crippen LogP contribution in [-0.4, -0.2) is 35.5 Å². The summed E-state index contributed by atoms with van der Waals surface area (Å²) >= 11 is 0. The molecule has 1 fully saturated rings. The number of piperidine rings is 1. The molecule has 1 saturated heterocycles. The zero-order valence-electron chi connectivity index (χ0n) is 10.5. The number of aromatic hydroxyl groups is 1. The maximum atomic E-state index is 12.1. The Hall–Kier alpha value is -1.55. The second-order valence-corrected chi connectivity index (χ2v) is 4.93. The number of likely N-dealkylation sites (tertiary alicyclic amines) is 1. The van der Waals surface area contributed by atoms with Crippen molar-refractivity contribution in [3.8, 4) is 5.75 Å². The molecule has 0 aliphatic carbocycles. The summed E-state index contributed by atoms with van der Waals surface area (Å²) in [6, 6.07) is 6.80. The van der Waals surface area contributed by atoms with Gasteiger partial charge in [0.15, 0.2) is 0 Å². The Bertz CT molecular complexity index is 403. The summed E-state index contributed by atoms with van der Waals surface area (Å²) < 4.78 is 0. The molecule has 1 aromatic rings. The zero-order valence-corrected chi connectivity index (χ0v) is 10.5. The van der Waals surface area contributed by atoms with Crippen molar-refractivity contribution < 1.29 is 9.90 Å². The number of amides is 1. The van der Waals surface area contributed by atoms with Gasteiger partial charge in [0.2, 0.25) is 5.91 Å². The Morgan fingerprint density at radius 1 is 1.39 bits per heavy atom. The van der Waals surface area contributed by atoms with Gasteiger partial charge in [-0.15, -0.1) is 0 Å². The summed E-state index contributed by atoms with van der Waals surface area (Å²) in [4.78, 5) is 14.0. The highest BCUT2D eigenvalue weighted by Crippen LogP contribution is 2.17. The Labute approximate surface area is 107 Å². The molecule has 4 nitrogen and oxygen atoms in total. The van der Waals surface area contributed by atoms with Crippen LogP contribution in [0.25, 0.3) is 0 Å². The molecule has 18 heavy (non-hydrogen) atoms. The third-order valence-corrected chi connectivity index (χ3v) is 3.50. The summed E-state index contributed by atoms with van der Waals surface area (Å²) in [5.74, 6) is 0.828. The summed E-state index contributed by atoms with van der Waals surface area (Å²) in [6.07, 6.45) is 2.57. The van der Waals surface area contributed by atoms with E-state index in [1.54, 1.807) is 24.3 Å². The largest absolute Gasteiger partial charge is 0.508 e. The maximum Gasteiger partial charge on any atom is 0.226 e. The van der Waals surface area contributed by atoms with Gasteiger partial charge in [0.05, 0.1) is 6.42 Å². The van der Waals surface area contributed by atoms with E-state index in [1.807, 2.05) is 4.90 Å². The number of benzene rings is 1. The lowest BCUT2D eigenvalue weighted by Crippen LogP contribution is -2.42. The van der Waals surface area contributed by atoms with Gasteiger partial charge in [0, 0.05) is 13.1 Å². The highest BCUT2D eigenvalue weighted by Gasteiger charge is 2.22. The maximum absolute atomic E-state index is 12.1. The molecule has 0 bridgehead atoms. The van der Waals surface area contributed by atoms with Crippen molar-refractivity contribution in [2.75, 3.05) is 19.6 Å². The van der Waals surface area contributed by atoms with Crippen LogP contribution in [0.3, 0.4) is 0 Å². The minimum Gasteiger partial charge on any atom is -0.508 e. The fourth-order valence-electron chi connectivity index (χ4n) is 2.38. The molecule has 1 unspecified atom stereocenters. The normalized spacial score (nSPS) is 19.8. The van der Waals surface area contributed by atoms with Crippen LogP contribution in [0.5, 0.6) is 5.75 Å². The van der Waals surface area contributed by atoms with Gasteiger partial charge in [0.1, 0.15) is 5.75 Å².